The first-order chi connectivity index (χ1) is 22.3. The summed E-state index contributed by atoms with van der Waals surface area (Å²) >= 11 is 0. The fraction of sp³-hybridized carbons (Fsp3) is 0. The molecule has 1 heterocycles. The fourth-order valence-corrected chi connectivity index (χ4v) is 7.48. The molecule has 10 aromatic rings. The highest BCUT2D eigenvalue weighted by Crippen LogP contribution is 2.42. The minimum atomic E-state index is 0.966. The highest BCUT2D eigenvalue weighted by atomic mass is 15.1. The highest BCUT2D eigenvalue weighted by Gasteiger charge is 2.17. The maximum absolute atomic E-state index is 5.06. The van der Waals surface area contributed by atoms with Crippen molar-refractivity contribution in [3.63, 3.8) is 0 Å². The summed E-state index contributed by atoms with van der Waals surface area (Å²) in [5, 5.41) is 15.4. The molecule has 0 saturated carbocycles. The van der Waals surface area contributed by atoms with Crippen LogP contribution in [0.15, 0.2) is 158 Å². The summed E-state index contributed by atoms with van der Waals surface area (Å²) in [7, 11) is 0. The second-order valence-corrected chi connectivity index (χ2v) is 12.1. The third-order valence-electron chi connectivity index (χ3n) is 9.49. The molecule has 0 aliphatic heterocycles. The smallest absolute Gasteiger partial charge is 0.0704 e. The van der Waals surface area contributed by atoms with Crippen LogP contribution >= 0.6 is 0 Å². The molecule has 0 fully saturated rings. The molecule has 0 aliphatic rings. The number of aromatic nitrogens is 1. The Hall–Kier alpha value is -5.99. The van der Waals surface area contributed by atoms with Gasteiger partial charge in [0.15, 0.2) is 0 Å². The van der Waals surface area contributed by atoms with Gasteiger partial charge in [0.1, 0.15) is 0 Å². The molecule has 208 valence electrons. The van der Waals surface area contributed by atoms with E-state index in [1.165, 1.54) is 64.6 Å². The molecule has 0 atom stereocenters. The zero-order valence-electron chi connectivity index (χ0n) is 24.4. The van der Waals surface area contributed by atoms with E-state index in [0.29, 0.717) is 0 Å². The van der Waals surface area contributed by atoms with Crippen LogP contribution in [-0.4, -0.2) is 4.98 Å². The zero-order chi connectivity index (χ0) is 29.5. The summed E-state index contributed by atoms with van der Waals surface area (Å²) in [5.41, 5.74) is 5.33. The molecular weight excluding hydrogens is 544 g/mol. The van der Waals surface area contributed by atoms with Crippen LogP contribution in [0.2, 0.25) is 0 Å². The average molecular weight is 571 g/mol. The quantitative estimate of drug-likeness (QED) is 0.196. The van der Waals surface area contributed by atoms with Gasteiger partial charge in [-0.25, -0.2) is 0 Å². The third kappa shape index (κ3) is 3.66. The molecular formula is C43H26N2. The summed E-state index contributed by atoms with van der Waals surface area (Å²) in [6.07, 6.45) is 2.01. The summed E-state index contributed by atoms with van der Waals surface area (Å²) in [5.74, 6) is 0. The molecule has 0 radical (unpaired) electrons. The maximum Gasteiger partial charge on any atom is 0.0704 e. The van der Waals surface area contributed by atoms with Crippen LogP contribution in [0.3, 0.4) is 0 Å². The van der Waals surface area contributed by atoms with Gasteiger partial charge in [-0.15, -0.1) is 0 Å². The number of para-hydroxylation sites is 1. The Morgan fingerprint density at radius 1 is 0.333 bits per heavy atom. The number of anilines is 3. The summed E-state index contributed by atoms with van der Waals surface area (Å²) in [4.78, 5) is 7.37. The lowest BCUT2D eigenvalue weighted by Gasteiger charge is -2.26. The number of nitrogens with zero attached hydrogens (tertiary/aromatic N) is 2. The highest BCUT2D eigenvalue weighted by molar-refractivity contribution is 6.25. The monoisotopic (exact) mass is 570 g/mol. The normalized spacial score (nSPS) is 12.0. The number of hydrogen-bond donors (Lipinski definition) is 0. The topological polar surface area (TPSA) is 16.1 Å². The SMILES string of the molecule is c1ccc(N(c2ccc(-c3cc4ccc5cccc6ccc(c3)c4c56)nc2)c2cc3ccc4cccc5ccc(c2)c3c45)cc1. The van der Waals surface area contributed by atoms with Gasteiger partial charge in [0.25, 0.3) is 0 Å². The van der Waals surface area contributed by atoms with Crippen molar-refractivity contribution in [1.82, 2.24) is 4.98 Å². The van der Waals surface area contributed by atoms with Gasteiger partial charge < -0.3 is 4.90 Å². The van der Waals surface area contributed by atoms with E-state index in [2.05, 4.69) is 157 Å². The Labute approximate surface area is 260 Å². The van der Waals surface area contributed by atoms with E-state index in [1.54, 1.807) is 0 Å². The molecule has 2 heteroatoms. The molecule has 2 nitrogen and oxygen atoms in total. The van der Waals surface area contributed by atoms with Crippen LogP contribution in [0.4, 0.5) is 17.1 Å². The van der Waals surface area contributed by atoms with Crippen molar-refractivity contribution in [2.45, 2.75) is 0 Å². The molecule has 45 heavy (non-hydrogen) atoms. The summed E-state index contributed by atoms with van der Waals surface area (Å²) in [6.45, 7) is 0. The van der Waals surface area contributed by atoms with Crippen molar-refractivity contribution in [3.8, 4) is 11.3 Å². The molecule has 1 aromatic heterocycles. The largest absolute Gasteiger partial charge is 0.309 e. The molecule has 0 amide bonds. The van der Waals surface area contributed by atoms with Crippen LogP contribution in [0.25, 0.3) is 75.9 Å². The van der Waals surface area contributed by atoms with Crippen molar-refractivity contribution in [1.29, 1.82) is 0 Å². The predicted molar refractivity (Wildman–Crippen MR) is 192 cm³/mol. The lowest BCUT2D eigenvalue weighted by molar-refractivity contribution is 1.23. The summed E-state index contributed by atoms with van der Waals surface area (Å²) in [6, 6.07) is 55.2. The Morgan fingerprint density at radius 3 is 1.29 bits per heavy atom. The second kappa shape index (κ2) is 9.25. The van der Waals surface area contributed by atoms with Gasteiger partial charge in [-0.05, 0) is 113 Å². The van der Waals surface area contributed by atoms with E-state index in [-0.39, 0.29) is 0 Å². The predicted octanol–water partition coefficient (Wildman–Crippen LogP) is 12.0. The Morgan fingerprint density at radius 2 is 0.800 bits per heavy atom. The van der Waals surface area contributed by atoms with Gasteiger partial charge in [-0.3, -0.25) is 4.98 Å². The van der Waals surface area contributed by atoms with Gasteiger partial charge in [-0.2, -0.15) is 0 Å². The molecule has 0 N–H and O–H groups in total. The van der Waals surface area contributed by atoms with Crippen LogP contribution < -0.4 is 4.90 Å². The van der Waals surface area contributed by atoms with Gasteiger partial charge in [0.05, 0.1) is 17.6 Å². The lowest BCUT2D eigenvalue weighted by atomic mass is 9.92. The molecule has 0 aliphatic carbocycles. The van der Waals surface area contributed by atoms with Crippen molar-refractivity contribution in [3.05, 3.63) is 158 Å². The van der Waals surface area contributed by atoms with E-state index in [4.69, 9.17) is 4.98 Å². The number of rotatable bonds is 4. The van der Waals surface area contributed by atoms with Crippen molar-refractivity contribution in [2.75, 3.05) is 4.90 Å². The number of hydrogen-bond acceptors (Lipinski definition) is 2. The molecule has 9 aromatic carbocycles. The Bertz CT molecular complexity index is 2560. The van der Waals surface area contributed by atoms with Crippen molar-refractivity contribution in [2.24, 2.45) is 0 Å². The van der Waals surface area contributed by atoms with E-state index < -0.39 is 0 Å². The third-order valence-corrected chi connectivity index (χ3v) is 9.49. The second-order valence-electron chi connectivity index (χ2n) is 12.1. The first-order valence-electron chi connectivity index (χ1n) is 15.5. The van der Waals surface area contributed by atoms with Crippen LogP contribution in [-0.2, 0) is 0 Å². The Balaban J connectivity index is 1.11. The summed E-state index contributed by atoms with van der Waals surface area (Å²) < 4.78 is 0. The van der Waals surface area contributed by atoms with Crippen LogP contribution in [0.5, 0.6) is 0 Å². The lowest BCUT2D eigenvalue weighted by Crippen LogP contribution is -2.10. The molecule has 0 spiro atoms. The Kier molecular flexibility index (Phi) is 5.03. The van der Waals surface area contributed by atoms with Crippen LogP contribution in [0, 0.1) is 0 Å². The van der Waals surface area contributed by atoms with Crippen LogP contribution in [0.1, 0.15) is 0 Å². The van der Waals surface area contributed by atoms with Gasteiger partial charge >= 0.3 is 0 Å². The first-order valence-corrected chi connectivity index (χ1v) is 15.5. The van der Waals surface area contributed by atoms with Gasteiger partial charge in [0, 0.05) is 16.9 Å². The zero-order valence-corrected chi connectivity index (χ0v) is 24.4. The van der Waals surface area contributed by atoms with E-state index >= 15 is 0 Å². The first kappa shape index (κ1) is 24.5. The standard InChI is InChI=1S/C43H26N2/c1-2-10-36(11-3-1)45(38-24-33-18-14-29-8-5-9-30-15-19-34(25-38)43(33)41(29)30)37-20-21-39(44-26-37)35-22-31-16-12-27-6-4-7-28-13-17-32(23-35)42(31)40(27)28/h1-26H. The number of benzene rings is 9. The number of pyridine rings is 1. The molecule has 0 saturated heterocycles. The average Bonchev–Trinajstić information content (AvgIpc) is 3.10. The van der Waals surface area contributed by atoms with Crippen molar-refractivity contribution >= 4 is 81.7 Å². The fourth-order valence-electron chi connectivity index (χ4n) is 7.48. The van der Waals surface area contributed by atoms with Gasteiger partial charge in [0.2, 0.25) is 0 Å². The minimum Gasteiger partial charge on any atom is -0.309 e. The minimum absolute atomic E-state index is 0.966. The molecule has 10 rings (SSSR count). The van der Waals surface area contributed by atoms with E-state index in [9.17, 15) is 0 Å². The maximum atomic E-state index is 5.06. The van der Waals surface area contributed by atoms with Crippen molar-refractivity contribution < 1.29 is 0 Å². The van der Waals surface area contributed by atoms with E-state index in [0.717, 1.165) is 28.3 Å². The van der Waals surface area contributed by atoms with E-state index in [1.807, 2.05) is 6.20 Å². The molecule has 0 bridgehead atoms. The van der Waals surface area contributed by atoms with Gasteiger partial charge in [-0.1, -0.05) is 103 Å². The molecule has 0 unspecified atom stereocenters.